The molecule has 2 aromatic heterocycles. The lowest BCUT2D eigenvalue weighted by Gasteiger charge is -2.20. The Morgan fingerprint density at radius 2 is 2.03 bits per heavy atom. The monoisotopic (exact) mass is 524 g/mol. The highest BCUT2D eigenvalue weighted by molar-refractivity contribution is 9.10. The van der Waals surface area contributed by atoms with Crippen LogP contribution in [-0.2, 0) is 11.3 Å². The molecule has 0 spiro atoms. The predicted molar refractivity (Wildman–Crippen MR) is 126 cm³/mol. The van der Waals surface area contributed by atoms with Crippen LogP contribution in [0.1, 0.15) is 6.42 Å². The zero-order chi connectivity index (χ0) is 20.9. The second-order valence-electron chi connectivity index (χ2n) is 6.55. The molecule has 0 saturated carbocycles. The number of benzene rings is 2. The largest absolute Gasteiger partial charge is 0.484 e. The minimum atomic E-state index is -0.351. The van der Waals surface area contributed by atoms with Crippen molar-refractivity contribution in [3.8, 4) is 5.75 Å². The summed E-state index contributed by atoms with van der Waals surface area (Å²) in [4.78, 5) is 23.3. The van der Waals surface area contributed by atoms with E-state index in [-0.39, 0.29) is 30.7 Å². The first-order valence-corrected chi connectivity index (χ1v) is 10.9. The quantitative estimate of drug-likeness (QED) is 0.312. The van der Waals surface area contributed by atoms with E-state index in [9.17, 15) is 9.18 Å². The van der Waals surface area contributed by atoms with E-state index in [1.165, 1.54) is 35.6 Å². The van der Waals surface area contributed by atoms with Gasteiger partial charge in [0, 0.05) is 30.0 Å². The van der Waals surface area contributed by atoms with Crippen LogP contribution < -0.4 is 9.64 Å². The molecule has 2 aromatic carbocycles. The summed E-state index contributed by atoms with van der Waals surface area (Å²) in [7, 11) is 0. The summed E-state index contributed by atoms with van der Waals surface area (Å²) in [5.74, 6) is -0.116. The number of aryl methyl sites for hydroxylation is 1. The third-order valence-electron chi connectivity index (χ3n) is 4.40. The van der Waals surface area contributed by atoms with Gasteiger partial charge in [-0.25, -0.2) is 14.4 Å². The van der Waals surface area contributed by atoms with E-state index in [0.717, 1.165) is 27.7 Å². The Bertz CT molecular complexity index is 1140. The molecule has 0 aliphatic carbocycles. The molecule has 0 fully saturated rings. The first-order chi connectivity index (χ1) is 14.6. The SMILES string of the molecule is Cl.O=C(COc1ccc(F)cc1)N(CCCn1ccnc1)c1nc2ccc(Br)cc2s1. The van der Waals surface area contributed by atoms with Gasteiger partial charge in [-0.1, -0.05) is 27.3 Å². The number of hydrogen-bond donors (Lipinski definition) is 0. The van der Waals surface area contributed by atoms with Crippen molar-refractivity contribution in [3.63, 3.8) is 0 Å². The van der Waals surface area contributed by atoms with Gasteiger partial charge in [-0.2, -0.15) is 0 Å². The van der Waals surface area contributed by atoms with Gasteiger partial charge < -0.3 is 9.30 Å². The lowest BCUT2D eigenvalue weighted by atomic mass is 10.3. The van der Waals surface area contributed by atoms with Crippen LogP contribution in [0.4, 0.5) is 9.52 Å². The van der Waals surface area contributed by atoms with Gasteiger partial charge in [-0.05, 0) is 48.9 Å². The summed E-state index contributed by atoms with van der Waals surface area (Å²) >= 11 is 4.93. The number of imidazole rings is 1. The second-order valence-corrected chi connectivity index (χ2v) is 8.48. The van der Waals surface area contributed by atoms with Crippen LogP contribution in [0.2, 0.25) is 0 Å². The van der Waals surface area contributed by atoms with Gasteiger partial charge in [0.2, 0.25) is 0 Å². The fourth-order valence-electron chi connectivity index (χ4n) is 2.91. The van der Waals surface area contributed by atoms with E-state index in [0.29, 0.717) is 17.4 Å². The number of rotatable bonds is 8. The molecular formula is C21H19BrClFN4O2S. The van der Waals surface area contributed by atoms with E-state index in [2.05, 4.69) is 25.9 Å². The Labute approximate surface area is 197 Å². The number of nitrogens with zero attached hydrogens (tertiary/aromatic N) is 4. The third kappa shape index (κ3) is 6.03. The average molecular weight is 526 g/mol. The fraction of sp³-hybridized carbons (Fsp3) is 0.190. The number of anilines is 1. The van der Waals surface area contributed by atoms with Crippen molar-refractivity contribution in [2.45, 2.75) is 13.0 Å². The number of fused-ring (bicyclic) bond motifs is 1. The number of aromatic nitrogens is 3. The lowest BCUT2D eigenvalue weighted by Crippen LogP contribution is -2.36. The Morgan fingerprint density at radius 3 is 2.77 bits per heavy atom. The molecule has 10 heteroatoms. The van der Waals surface area contributed by atoms with E-state index in [1.807, 2.05) is 29.0 Å². The molecule has 1 amide bonds. The first kappa shape index (κ1) is 23.2. The Balaban J connectivity index is 0.00000272. The molecule has 4 aromatic rings. The molecule has 0 saturated heterocycles. The van der Waals surface area contributed by atoms with Crippen LogP contribution in [0.3, 0.4) is 0 Å². The normalized spacial score (nSPS) is 10.6. The van der Waals surface area contributed by atoms with Crippen molar-refractivity contribution in [2.75, 3.05) is 18.1 Å². The zero-order valence-electron chi connectivity index (χ0n) is 16.3. The van der Waals surface area contributed by atoms with Crippen molar-refractivity contribution in [3.05, 3.63) is 71.5 Å². The summed E-state index contributed by atoms with van der Waals surface area (Å²) in [6, 6.07) is 11.4. The van der Waals surface area contributed by atoms with Crippen molar-refractivity contribution in [2.24, 2.45) is 0 Å². The minimum absolute atomic E-state index is 0. The molecule has 0 N–H and O–H groups in total. The highest BCUT2D eigenvalue weighted by Gasteiger charge is 2.20. The van der Waals surface area contributed by atoms with Gasteiger partial charge in [-0.15, -0.1) is 12.4 Å². The van der Waals surface area contributed by atoms with Gasteiger partial charge in [0.15, 0.2) is 11.7 Å². The smallest absolute Gasteiger partial charge is 0.266 e. The van der Waals surface area contributed by atoms with Gasteiger partial charge in [0.25, 0.3) is 5.91 Å². The molecule has 2 heterocycles. The van der Waals surface area contributed by atoms with Crippen molar-refractivity contribution in [1.82, 2.24) is 14.5 Å². The molecule has 0 unspecified atom stereocenters. The van der Waals surface area contributed by atoms with Crippen LogP contribution in [0.5, 0.6) is 5.75 Å². The number of ether oxygens (including phenoxy) is 1. The van der Waals surface area contributed by atoms with E-state index in [1.54, 1.807) is 17.4 Å². The maximum absolute atomic E-state index is 13.1. The first-order valence-electron chi connectivity index (χ1n) is 9.29. The number of halogens is 3. The van der Waals surface area contributed by atoms with Gasteiger partial charge in [0.1, 0.15) is 11.6 Å². The highest BCUT2D eigenvalue weighted by Crippen LogP contribution is 2.31. The molecule has 162 valence electrons. The number of hydrogen-bond acceptors (Lipinski definition) is 5. The predicted octanol–water partition coefficient (Wildman–Crippen LogP) is 5.32. The average Bonchev–Trinajstić information content (AvgIpc) is 3.40. The lowest BCUT2D eigenvalue weighted by molar-refractivity contribution is -0.120. The van der Waals surface area contributed by atoms with Gasteiger partial charge in [-0.3, -0.25) is 9.69 Å². The highest BCUT2D eigenvalue weighted by atomic mass is 79.9. The van der Waals surface area contributed by atoms with Crippen LogP contribution in [0, 0.1) is 5.82 Å². The van der Waals surface area contributed by atoms with Crippen LogP contribution in [-0.4, -0.2) is 33.6 Å². The Morgan fingerprint density at radius 1 is 1.23 bits per heavy atom. The minimum Gasteiger partial charge on any atom is -0.484 e. The van der Waals surface area contributed by atoms with Gasteiger partial charge >= 0.3 is 0 Å². The van der Waals surface area contributed by atoms with Crippen molar-refractivity contribution >= 4 is 60.9 Å². The maximum Gasteiger partial charge on any atom is 0.266 e. The Hall–Kier alpha value is -2.49. The van der Waals surface area contributed by atoms with E-state index < -0.39 is 0 Å². The molecule has 0 atom stereocenters. The van der Waals surface area contributed by atoms with Crippen LogP contribution in [0.25, 0.3) is 10.2 Å². The maximum atomic E-state index is 13.1. The third-order valence-corrected chi connectivity index (χ3v) is 5.94. The number of carbonyl (C=O) groups excluding carboxylic acids is 1. The number of amides is 1. The molecule has 6 nitrogen and oxygen atoms in total. The summed E-state index contributed by atoms with van der Waals surface area (Å²) < 4.78 is 22.6. The zero-order valence-corrected chi connectivity index (χ0v) is 19.5. The number of thiazole rings is 1. The van der Waals surface area contributed by atoms with E-state index >= 15 is 0 Å². The van der Waals surface area contributed by atoms with Crippen molar-refractivity contribution < 1.29 is 13.9 Å². The summed E-state index contributed by atoms with van der Waals surface area (Å²) in [6.45, 7) is 1.07. The molecule has 4 rings (SSSR count). The van der Waals surface area contributed by atoms with Crippen LogP contribution in [0.15, 0.2) is 65.7 Å². The molecular weight excluding hydrogens is 507 g/mol. The molecule has 0 radical (unpaired) electrons. The summed E-state index contributed by atoms with van der Waals surface area (Å²) in [6.07, 6.45) is 6.10. The molecule has 31 heavy (non-hydrogen) atoms. The van der Waals surface area contributed by atoms with E-state index in [4.69, 9.17) is 4.74 Å². The van der Waals surface area contributed by atoms with Gasteiger partial charge in [0.05, 0.1) is 16.5 Å². The Kier molecular flexibility index (Phi) is 8.00. The summed E-state index contributed by atoms with van der Waals surface area (Å²) in [5, 5.41) is 0.626. The second kappa shape index (κ2) is 10.7. The standard InChI is InChI=1S/C21H18BrFN4O2S.ClH/c22-15-2-7-18-19(12-15)30-21(25-18)27(10-1-9-26-11-8-24-14-26)20(28)13-29-17-5-3-16(23)4-6-17;/h2-8,11-12,14H,1,9-10,13H2;1H. The molecule has 0 aliphatic heterocycles. The fourth-order valence-corrected chi connectivity index (χ4v) is 4.47. The topological polar surface area (TPSA) is 60.2 Å². The van der Waals surface area contributed by atoms with Crippen LogP contribution >= 0.6 is 39.7 Å². The molecule has 0 aliphatic rings. The number of carbonyl (C=O) groups is 1. The molecule has 0 bridgehead atoms. The van der Waals surface area contributed by atoms with Crippen molar-refractivity contribution in [1.29, 1.82) is 0 Å². The summed E-state index contributed by atoms with van der Waals surface area (Å²) in [5.41, 5.74) is 0.838.